The van der Waals surface area contributed by atoms with Crippen LogP contribution in [0.2, 0.25) is 0 Å². The minimum Gasteiger partial charge on any atom is -0.497 e. The lowest BCUT2D eigenvalue weighted by Crippen LogP contribution is -2.36. The van der Waals surface area contributed by atoms with E-state index in [2.05, 4.69) is 15.7 Å². The molecule has 2 heterocycles. The highest BCUT2D eigenvalue weighted by Gasteiger charge is 2.38. The molecule has 2 atom stereocenters. The Morgan fingerprint density at radius 2 is 1.96 bits per heavy atom. The number of hydrogen-bond acceptors (Lipinski definition) is 6. The van der Waals surface area contributed by atoms with Gasteiger partial charge in [0.05, 0.1) is 23.6 Å². The first-order valence-corrected chi connectivity index (χ1v) is 11.0. The number of Topliss-reactive ketones (excluding diaryl/α,β-unsaturated/α-hetero) is 1. The molecule has 3 rings (SSSR count). The van der Waals surface area contributed by atoms with E-state index in [0.717, 1.165) is 22.6 Å². The number of ketones is 1. The lowest BCUT2D eigenvalue weighted by molar-refractivity contribution is 0.104. The molecule has 26 heavy (non-hydrogen) atoms. The first kappa shape index (κ1) is 19.0. The van der Waals surface area contributed by atoms with E-state index in [0.29, 0.717) is 18.7 Å². The number of carbonyl (C=O) groups is 1. The molecule has 2 aliphatic heterocycles. The molecule has 2 aliphatic rings. The van der Waals surface area contributed by atoms with Crippen LogP contribution in [-0.4, -0.2) is 50.9 Å². The van der Waals surface area contributed by atoms with Crippen molar-refractivity contribution in [2.45, 2.75) is 12.3 Å². The first-order valence-electron chi connectivity index (χ1n) is 8.25. The second-order valence-electron chi connectivity index (χ2n) is 6.34. The summed E-state index contributed by atoms with van der Waals surface area (Å²) in [5, 5.41) is 0.105. The monoisotopic (exact) mass is 394 g/mol. The van der Waals surface area contributed by atoms with Gasteiger partial charge in [-0.1, -0.05) is 23.9 Å². The van der Waals surface area contributed by atoms with Gasteiger partial charge >= 0.3 is 0 Å². The number of sulfonamides is 1. The molecule has 0 aliphatic carbocycles. The van der Waals surface area contributed by atoms with Crippen LogP contribution in [0.1, 0.15) is 17.3 Å². The molecule has 1 aromatic rings. The van der Waals surface area contributed by atoms with E-state index in [-0.39, 0.29) is 17.1 Å². The maximum atomic E-state index is 12.8. The topological polar surface area (TPSA) is 75.7 Å². The molecule has 1 aromatic carbocycles. The first-order chi connectivity index (χ1) is 12.3. The van der Waals surface area contributed by atoms with Gasteiger partial charge in [-0.15, -0.1) is 0 Å². The van der Waals surface area contributed by atoms with Gasteiger partial charge in [-0.3, -0.25) is 4.79 Å². The Morgan fingerprint density at radius 3 is 2.58 bits per heavy atom. The number of benzene rings is 1. The summed E-state index contributed by atoms with van der Waals surface area (Å²) < 4.78 is 30.1. The van der Waals surface area contributed by atoms with Crippen LogP contribution in [0.3, 0.4) is 0 Å². The van der Waals surface area contributed by atoms with Crippen molar-refractivity contribution in [1.29, 1.82) is 0 Å². The van der Waals surface area contributed by atoms with Crippen molar-refractivity contribution in [2.24, 2.45) is 5.92 Å². The van der Waals surface area contributed by atoms with E-state index in [1.807, 2.05) is 13.0 Å². The van der Waals surface area contributed by atoms with Gasteiger partial charge in [0.25, 0.3) is 0 Å². The number of methoxy groups -OCH3 is 1. The van der Waals surface area contributed by atoms with E-state index in [4.69, 9.17) is 4.74 Å². The molecule has 0 radical (unpaired) electrons. The van der Waals surface area contributed by atoms with Crippen LogP contribution >= 0.6 is 11.8 Å². The quantitative estimate of drug-likeness (QED) is 0.715. The number of thioether (sulfide) groups is 1. The summed E-state index contributed by atoms with van der Waals surface area (Å²) in [6.07, 6.45) is 5.29. The van der Waals surface area contributed by atoms with Crippen molar-refractivity contribution in [3.8, 4) is 5.75 Å². The number of carbonyl (C=O) groups excluding carboxylic acids is 1. The second kappa shape index (κ2) is 7.46. The summed E-state index contributed by atoms with van der Waals surface area (Å²) in [5.41, 5.74) is 1.74. The summed E-state index contributed by atoms with van der Waals surface area (Å²) in [6.45, 7) is 2.93. The molecule has 0 saturated carbocycles. The predicted octanol–water partition coefficient (Wildman–Crippen LogP) is 2.22. The van der Waals surface area contributed by atoms with Crippen LogP contribution in [0, 0.1) is 5.92 Å². The average molecular weight is 395 g/mol. The minimum absolute atomic E-state index is 0.00678. The highest BCUT2D eigenvalue weighted by atomic mass is 32.2. The van der Waals surface area contributed by atoms with Crippen LogP contribution < -0.4 is 9.46 Å². The number of allylic oxidation sites excluding steroid dienone is 2. The second-order valence-corrected chi connectivity index (χ2v) is 9.33. The van der Waals surface area contributed by atoms with Gasteiger partial charge in [0.1, 0.15) is 5.75 Å². The van der Waals surface area contributed by atoms with E-state index in [1.54, 1.807) is 43.1 Å². The molecular formula is C18H22N2O4S2. The molecule has 0 amide bonds. The van der Waals surface area contributed by atoms with Crippen molar-refractivity contribution in [3.63, 3.8) is 0 Å². The highest BCUT2D eigenvalue weighted by Crippen LogP contribution is 2.45. The maximum Gasteiger partial charge on any atom is 0.208 e. The molecule has 8 heteroatoms. The fraction of sp³-hybridized carbons (Fsp3) is 0.389. The number of nitrogens with zero attached hydrogens (tertiary/aromatic N) is 1. The lowest BCUT2D eigenvalue weighted by atomic mass is 10.1. The Kier molecular flexibility index (Phi) is 5.45. The Morgan fingerprint density at radius 1 is 1.27 bits per heavy atom. The summed E-state index contributed by atoms with van der Waals surface area (Å²) in [7, 11) is -1.61. The van der Waals surface area contributed by atoms with Crippen molar-refractivity contribution in [1.82, 2.24) is 9.62 Å². The largest absolute Gasteiger partial charge is 0.497 e. The van der Waals surface area contributed by atoms with Gasteiger partial charge in [-0.05, 0) is 31.2 Å². The Hall–Kier alpha value is -1.77. The summed E-state index contributed by atoms with van der Waals surface area (Å²) >= 11 is 1.54. The van der Waals surface area contributed by atoms with Gasteiger partial charge in [0.2, 0.25) is 10.0 Å². The van der Waals surface area contributed by atoms with Gasteiger partial charge < -0.3 is 9.64 Å². The smallest absolute Gasteiger partial charge is 0.208 e. The Balaban J connectivity index is 1.67. The van der Waals surface area contributed by atoms with Crippen LogP contribution in [-0.2, 0) is 10.0 Å². The lowest BCUT2D eigenvalue weighted by Gasteiger charge is -2.28. The molecule has 2 unspecified atom stereocenters. The van der Waals surface area contributed by atoms with Gasteiger partial charge in [-0.2, -0.15) is 0 Å². The molecule has 6 nitrogen and oxygen atoms in total. The predicted molar refractivity (Wildman–Crippen MR) is 104 cm³/mol. The van der Waals surface area contributed by atoms with E-state index in [1.165, 1.54) is 0 Å². The average Bonchev–Trinajstić information content (AvgIpc) is 3.12. The van der Waals surface area contributed by atoms with E-state index < -0.39 is 10.0 Å². The van der Waals surface area contributed by atoms with Crippen LogP contribution in [0.15, 0.2) is 47.0 Å². The number of fused-ring (bicyclic) bond motifs is 1. The Labute approximate surface area is 158 Å². The molecule has 1 N–H and O–H groups in total. The molecule has 140 valence electrons. The number of hydrogen-bond donors (Lipinski definition) is 1. The maximum absolute atomic E-state index is 12.8. The van der Waals surface area contributed by atoms with Crippen LogP contribution in [0.5, 0.6) is 5.75 Å². The third-order valence-corrected chi connectivity index (χ3v) is 6.52. The van der Waals surface area contributed by atoms with Crippen molar-refractivity contribution in [2.75, 3.05) is 26.5 Å². The zero-order chi connectivity index (χ0) is 18.9. The minimum atomic E-state index is -3.20. The fourth-order valence-corrected chi connectivity index (χ4v) is 5.05. The number of nitrogens with one attached hydrogen (secondary N) is 1. The van der Waals surface area contributed by atoms with Gasteiger partial charge in [0.15, 0.2) is 5.78 Å². The summed E-state index contributed by atoms with van der Waals surface area (Å²) in [6, 6.07) is 7.10. The summed E-state index contributed by atoms with van der Waals surface area (Å²) in [4.78, 5) is 15.6. The Bertz CT molecular complexity index is 860. The summed E-state index contributed by atoms with van der Waals surface area (Å²) in [5.74, 6) is 0.886. The van der Waals surface area contributed by atoms with Crippen molar-refractivity contribution in [3.05, 3.63) is 52.6 Å². The zero-order valence-corrected chi connectivity index (χ0v) is 16.6. The van der Waals surface area contributed by atoms with Gasteiger partial charge in [-0.25, -0.2) is 13.1 Å². The molecule has 0 aromatic heterocycles. The SMILES string of the molecule is COc1ccc(C(=O)C2=CC3C=C(C)N(CCNS(C)(=O)=O)C3S2)cc1. The standard InChI is InChI=1S/C18H22N2O4S2/c1-12-10-14-11-16(17(21)13-4-6-15(24-2)7-5-13)25-18(14)20(12)9-8-19-26(3,22)23/h4-7,10-11,14,18-19H,8-9H2,1-3H3. The van der Waals surface area contributed by atoms with E-state index in [9.17, 15) is 13.2 Å². The molecule has 0 spiro atoms. The zero-order valence-electron chi connectivity index (χ0n) is 14.9. The molecular weight excluding hydrogens is 372 g/mol. The third-order valence-electron chi connectivity index (χ3n) is 4.41. The third kappa shape index (κ3) is 4.13. The van der Waals surface area contributed by atoms with Gasteiger partial charge in [0, 0.05) is 30.3 Å². The highest BCUT2D eigenvalue weighted by molar-refractivity contribution is 8.04. The van der Waals surface area contributed by atoms with Crippen molar-refractivity contribution < 1.29 is 17.9 Å². The number of ether oxygens (including phenoxy) is 1. The van der Waals surface area contributed by atoms with Crippen LogP contribution in [0.4, 0.5) is 0 Å². The number of rotatable bonds is 7. The molecule has 0 fully saturated rings. The van der Waals surface area contributed by atoms with Crippen LogP contribution in [0.25, 0.3) is 0 Å². The van der Waals surface area contributed by atoms with E-state index >= 15 is 0 Å². The van der Waals surface area contributed by atoms with Crippen molar-refractivity contribution >= 4 is 27.6 Å². The fourth-order valence-electron chi connectivity index (χ4n) is 3.15. The molecule has 0 saturated heterocycles. The molecule has 0 bridgehead atoms. The normalized spacial score (nSPS) is 22.0.